The Morgan fingerprint density at radius 1 is 0.815 bits per heavy atom. The SMILES string of the molecule is CC(C)c1ccc(/C(=C\Sc2ccccc2)S(=O)(=O)c2ccccc2)cc1. The van der Waals surface area contributed by atoms with E-state index in [-0.39, 0.29) is 0 Å². The molecule has 3 aromatic rings. The number of hydrogen-bond acceptors (Lipinski definition) is 3. The maximum absolute atomic E-state index is 13.3. The van der Waals surface area contributed by atoms with Gasteiger partial charge in [0.05, 0.1) is 9.80 Å². The fraction of sp³-hybridized carbons (Fsp3) is 0.130. The van der Waals surface area contributed by atoms with Crippen molar-refractivity contribution in [2.45, 2.75) is 29.6 Å². The van der Waals surface area contributed by atoms with Crippen LogP contribution in [0, 0.1) is 0 Å². The van der Waals surface area contributed by atoms with E-state index in [1.165, 1.54) is 17.3 Å². The third-order valence-corrected chi connectivity index (χ3v) is 7.12. The van der Waals surface area contributed by atoms with Gasteiger partial charge in [-0.1, -0.05) is 86.3 Å². The molecule has 2 nitrogen and oxygen atoms in total. The molecule has 0 bridgehead atoms. The molecule has 0 aliphatic rings. The van der Waals surface area contributed by atoms with Crippen molar-refractivity contribution in [3.8, 4) is 0 Å². The molecule has 138 valence electrons. The minimum Gasteiger partial charge on any atom is -0.218 e. The van der Waals surface area contributed by atoms with E-state index in [0.717, 1.165) is 4.90 Å². The van der Waals surface area contributed by atoms with Crippen LogP contribution in [0.1, 0.15) is 30.9 Å². The van der Waals surface area contributed by atoms with Gasteiger partial charge in [0.15, 0.2) is 0 Å². The van der Waals surface area contributed by atoms with Crippen molar-refractivity contribution in [1.29, 1.82) is 0 Å². The molecule has 0 aliphatic heterocycles. The second-order valence-corrected chi connectivity index (χ2v) is 9.37. The highest BCUT2D eigenvalue weighted by Gasteiger charge is 2.22. The Balaban J connectivity index is 2.06. The summed E-state index contributed by atoms with van der Waals surface area (Å²) in [6, 6.07) is 26.1. The molecule has 0 N–H and O–H groups in total. The lowest BCUT2D eigenvalue weighted by Gasteiger charge is -2.12. The van der Waals surface area contributed by atoms with E-state index < -0.39 is 9.84 Å². The first kappa shape index (κ1) is 19.5. The zero-order chi connectivity index (χ0) is 19.3. The minimum atomic E-state index is -3.62. The lowest BCUT2D eigenvalue weighted by molar-refractivity contribution is 0.606. The summed E-state index contributed by atoms with van der Waals surface area (Å²) in [7, 11) is -3.62. The van der Waals surface area contributed by atoms with Gasteiger partial charge < -0.3 is 0 Å². The predicted molar refractivity (Wildman–Crippen MR) is 114 cm³/mol. The van der Waals surface area contributed by atoms with E-state index >= 15 is 0 Å². The van der Waals surface area contributed by atoms with E-state index in [4.69, 9.17) is 0 Å². The van der Waals surface area contributed by atoms with E-state index in [1.54, 1.807) is 29.7 Å². The Hall–Kier alpha value is -2.30. The highest BCUT2D eigenvalue weighted by molar-refractivity contribution is 8.05. The van der Waals surface area contributed by atoms with Gasteiger partial charge >= 0.3 is 0 Å². The molecular formula is C23H22O2S2. The monoisotopic (exact) mass is 394 g/mol. The van der Waals surface area contributed by atoms with Crippen LogP contribution in [0.25, 0.3) is 4.91 Å². The Kier molecular flexibility index (Phi) is 6.19. The zero-order valence-corrected chi connectivity index (χ0v) is 17.0. The van der Waals surface area contributed by atoms with Crippen molar-refractivity contribution >= 4 is 26.5 Å². The first-order chi connectivity index (χ1) is 13.0. The molecule has 0 spiro atoms. The summed E-state index contributed by atoms with van der Waals surface area (Å²) >= 11 is 1.41. The summed E-state index contributed by atoms with van der Waals surface area (Å²) in [4.78, 5) is 1.62. The summed E-state index contributed by atoms with van der Waals surface area (Å²) in [5, 5.41) is 1.74. The molecule has 0 heterocycles. The molecule has 3 aromatic carbocycles. The van der Waals surface area contributed by atoms with E-state index in [2.05, 4.69) is 13.8 Å². The van der Waals surface area contributed by atoms with Crippen LogP contribution >= 0.6 is 11.8 Å². The fourth-order valence-corrected chi connectivity index (χ4v) is 5.23. The summed E-state index contributed by atoms with van der Waals surface area (Å²) < 4.78 is 26.6. The molecule has 3 rings (SSSR count). The van der Waals surface area contributed by atoms with Crippen molar-refractivity contribution < 1.29 is 8.42 Å². The maximum Gasteiger partial charge on any atom is 0.207 e. The van der Waals surface area contributed by atoms with Crippen LogP contribution in [-0.2, 0) is 9.84 Å². The average Bonchev–Trinajstić information content (AvgIpc) is 2.70. The predicted octanol–water partition coefficient (Wildman–Crippen LogP) is 6.37. The summed E-state index contributed by atoms with van der Waals surface area (Å²) in [6.07, 6.45) is 0. The normalized spacial score (nSPS) is 12.3. The van der Waals surface area contributed by atoms with Gasteiger partial charge in [-0.25, -0.2) is 8.42 Å². The van der Waals surface area contributed by atoms with Crippen molar-refractivity contribution in [2.24, 2.45) is 0 Å². The fourth-order valence-electron chi connectivity index (χ4n) is 2.67. The van der Waals surface area contributed by atoms with Crippen molar-refractivity contribution in [2.75, 3.05) is 0 Å². The van der Waals surface area contributed by atoms with Gasteiger partial charge in [-0.15, -0.1) is 0 Å². The topological polar surface area (TPSA) is 34.1 Å². The van der Waals surface area contributed by atoms with Gasteiger partial charge in [-0.05, 0) is 46.7 Å². The number of hydrogen-bond donors (Lipinski definition) is 0. The van der Waals surface area contributed by atoms with Crippen LogP contribution in [0.4, 0.5) is 0 Å². The van der Waals surface area contributed by atoms with Crippen molar-refractivity contribution in [3.05, 3.63) is 101 Å². The first-order valence-electron chi connectivity index (χ1n) is 8.81. The lowest BCUT2D eigenvalue weighted by Crippen LogP contribution is -2.04. The second kappa shape index (κ2) is 8.59. The smallest absolute Gasteiger partial charge is 0.207 e. The Labute approximate surface area is 165 Å². The van der Waals surface area contributed by atoms with Crippen molar-refractivity contribution in [1.82, 2.24) is 0 Å². The van der Waals surface area contributed by atoms with Crippen LogP contribution in [0.2, 0.25) is 0 Å². The van der Waals surface area contributed by atoms with Crippen molar-refractivity contribution in [3.63, 3.8) is 0 Å². The molecule has 0 saturated carbocycles. The Morgan fingerprint density at radius 2 is 1.37 bits per heavy atom. The number of benzene rings is 3. The minimum absolute atomic E-state index is 0.304. The number of thioether (sulfide) groups is 1. The van der Waals surface area contributed by atoms with Gasteiger partial charge in [0, 0.05) is 4.90 Å². The van der Waals surface area contributed by atoms with Crippen LogP contribution in [0.3, 0.4) is 0 Å². The Morgan fingerprint density at radius 3 is 1.93 bits per heavy atom. The Bertz CT molecular complexity index is 1000. The maximum atomic E-state index is 13.3. The molecule has 4 heteroatoms. The highest BCUT2D eigenvalue weighted by Crippen LogP contribution is 2.33. The molecule has 0 atom stereocenters. The second-order valence-electron chi connectivity index (χ2n) is 6.51. The molecule has 0 amide bonds. The third kappa shape index (κ3) is 4.71. The van der Waals surface area contributed by atoms with Crippen LogP contribution in [-0.4, -0.2) is 8.42 Å². The van der Waals surface area contributed by atoms with Gasteiger partial charge in [0.1, 0.15) is 0 Å². The molecule has 0 fully saturated rings. The van der Waals surface area contributed by atoms with Gasteiger partial charge in [-0.3, -0.25) is 0 Å². The molecule has 0 aliphatic carbocycles. The van der Waals surface area contributed by atoms with E-state index in [1.807, 2.05) is 60.7 Å². The molecule has 0 unspecified atom stereocenters. The molecular weight excluding hydrogens is 372 g/mol. The van der Waals surface area contributed by atoms with Crippen LogP contribution in [0.5, 0.6) is 0 Å². The zero-order valence-electron chi connectivity index (χ0n) is 15.4. The highest BCUT2D eigenvalue weighted by atomic mass is 32.2. The largest absolute Gasteiger partial charge is 0.218 e. The van der Waals surface area contributed by atoms with Gasteiger partial charge in [0.25, 0.3) is 0 Å². The quantitative estimate of drug-likeness (QED) is 0.455. The van der Waals surface area contributed by atoms with Crippen LogP contribution in [0.15, 0.2) is 100 Å². The van der Waals surface area contributed by atoms with Crippen LogP contribution < -0.4 is 0 Å². The number of rotatable bonds is 6. The molecule has 27 heavy (non-hydrogen) atoms. The molecule has 0 radical (unpaired) electrons. The standard InChI is InChI=1S/C23H22O2S2/c1-18(2)19-13-15-20(16-14-19)23(17-26-21-9-5-3-6-10-21)27(24,25)22-11-7-4-8-12-22/h3-18H,1-2H3/b23-17+. The van der Waals surface area contributed by atoms with Gasteiger partial charge in [-0.2, -0.15) is 0 Å². The van der Waals surface area contributed by atoms with E-state index in [9.17, 15) is 8.42 Å². The molecule has 0 saturated heterocycles. The van der Waals surface area contributed by atoms with Gasteiger partial charge in [0.2, 0.25) is 9.84 Å². The number of sulfone groups is 1. The lowest BCUT2D eigenvalue weighted by atomic mass is 10.0. The first-order valence-corrected chi connectivity index (χ1v) is 11.2. The average molecular weight is 395 g/mol. The molecule has 0 aromatic heterocycles. The summed E-state index contributed by atoms with van der Waals surface area (Å²) in [6.45, 7) is 4.25. The summed E-state index contributed by atoms with van der Waals surface area (Å²) in [5.41, 5.74) is 1.89. The van der Waals surface area contributed by atoms with E-state index in [0.29, 0.717) is 21.3 Å². The third-order valence-electron chi connectivity index (χ3n) is 4.25. The summed E-state index contributed by atoms with van der Waals surface area (Å²) in [5.74, 6) is 0.399.